The Morgan fingerprint density at radius 2 is 0.471 bits per heavy atom. The van der Waals surface area contributed by atoms with Gasteiger partial charge in [0.05, 0.1) is 72.0 Å². The molecule has 28 nitrogen and oxygen atoms in total. The summed E-state index contributed by atoms with van der Waals surface area (Å²) in [5.41, 5.74) is 28.1. The van der Waals surface area contributed by atoms with Gasteiger partial charge in [-0.3, -0.25) is 0 Å². The Hall–Kier alpha value is -13.8. The van der Waals surface area contributed by atoms with E-state index in [4.69, 9.17) is 53.1 Å². The van der Waals surface area contributed by atoms with Gasteiger partial charge < -0.3 is 138 Å². The van der Waals surface area contributed by atoms with Crippen molar-refractivity contribution in [1.82, 2.24) is 39.9 Å². The monoisotopic (exact) mass is 1990 g/mol. The first-order valence-corrected chi connectivity index (χ1v) is 46.1. The van der Waals surface area contributed by atoms with Crippen molar-refractivity contribution in [3.63, 3.8) is 0 Å². The van der Waals surface area contributed by atoms with E-state index in [1.54, 1.807) is 48.5 Å². The minimum Gasteiger partial charge on any atom is -1.00 e. The van der Waals surface area contributed by atoms with Crippen LogP contribution >= 0.6 is 0 Å². The quantitative estimate of drug-likeness (QED) is 0.0170. The fraction of sp³-hybridized carbons (Fsp3) is 0.216. The van der Waals surface area contributed by atoms with E-state index in [0.29, 0.717) is 104 Å². The van der Waals surface area contributed by atoms with Crippen LogP contribution in [0.25, 0.3) is 182 Å². The topological polar surface area (TPSA) is 426 Å². The number of aliphatic hydroxyl groups excluding tert-OH is 12. The third-order valence-corrected chi connectivity index (χ3v) is 26.4. The molecule has 0 radical (unpaired) electrons. The molecular formula is C111H100IN9O19. The molecule has 16 N–H and O–H groups in total. The molecule has 0 amide bonds. The van der Waals surface area contributed by atoms with Gasteiger partial charge in [-0.15, -0.1) is 0 Å². The number of H-pyrrole nitrogens is 4. The summed E-state index contributed by atoms with van der Waals surface area (Å²) in [5.74, 6) is 1.37. The smallest absolute Gasteiger partial charge is 0.229 e. The summed E-state index contributed by atoms with van der Waals surface area (Å²) in [6.45, 7) is 5.31. The number of aromatic amines is 4. The Labute approximate surface area is 819 Å². The zero-order chi connectivity index (χ0) is 95.5. The van der Waals surface area contributed by atoms with Crippen molar-refractivity contribution >= 4 is 92.7 Å². The number of nitrogens with one attached hydrogen (secondary N) is 4. The summed E-state index contributed by atoms with van der Waals surface area (Å²) >= 11 is 0. The highest BCUT2D eigenvalue weighted by atomic mass is 127. The van der Waals surface area contributed by atoms with Gasteiger partial charge >= 0.3 is 0 Å². The van der Waals surface area contributed by atoms with Gasteiger partial charge in [0, 0.05) is 107 Å². The second-order valence-electron chi connectivity index (χ2n) is 35.7. The first-order chi connectivity index (χ1) is 67.6. The summed E-state index contributed by atoms with van der Waals surface area (Å²) in [5, 5.41) is 127. The van der Waals surface area contributed by atoms with Gasteiger partial charge in [-0.1, -0.05) is 138 Å². The number of aliphatic hydroxyl groups is 12. The van der Waals surface area contributed by atoms with Gasteiger partial charge in [0.2, 0.25) is 18.9 Å². The molecule has 3 saturated heterocycles. The maximum atomic E-state index is 11.0. The molecule has 7 aliphatic rings. The largest absolute Gasteiger partial charge is 1.00 e. The molecule has 29 heteroatoms. The first kappa shape index (κ1) is 93.8. The van der Waals surface area contributed by atoms with Gasteiger partial charge in [-0.2, -0.15) is 0 Å². The Morgan fingerprint density at radius 1 is 0.264 bits per heavy atom. The third-order valence-electron chi connectivity index (χ3n) is 26.4. The van der Waals surface area contributed by atoms with E-state index in [2.05, 4.69) is 179 Å². The van der Waals surface area contributed by atoms with Crippen LogP contribution in [0, 0.1) is 20.8 Å². The van der Waals surface area contributed by atoms with Crippen molar-refractivity contribution < 1.29 is 123 Å². The number of hydrogen-bond donors (Lipinski definition) is 16. The number of fused-ring (bicyclic) bond motifs is 16. The molecule has 21 rings (SSSR count). The van der Waals surface area contributed by atoms with Gasteiger partial charge in [0.25, 0.3) is 0 Å². The minimum absolute atomic E-state index is 0. The van der Waals surface area contributed by atoms with Crippen LogP contribution in [-0.2, 0) is 20.8 Å². The van der Waals surface area contributed by atoms with E-state index in [9.17, 15) is 61.3 Å². The zero-order valence-corrected chi connectivity index (χ0v) is 78.1. The lowest BCUT2D eigenvalue weighted by Gasteiger charge is -2.39. The van der Waals surface area contributed by atoms with Gasteiger partial charge in [-0.05, 0) is 211 Å². The molecule has 14 heterocycles. The van der Waals surface area contributed by atoms with Crippen LogP contribution in [-0.4, -0.2) is 220 Å². The van der Waals surface area contributed by atoms with Crippen molar-refractivity contribution in [2.75, 3.05) is 26.4 Å². The number of hydrogen-bond acceptors (Lipinski definition) is 23. The van der Waals surface area contributed by atoms with Crippen LogP contribution in [0.3, 0.4) is 0 Å². The minimum atomic E-state index is -1.68. The Morgan fingerprint density at radius 3 is 0.693 bits per heavy atom. The molecule has 3 fully saturated rings. The second kappa shape index (κ2) is 39.8. The molecule has 7 aromatic carbocycles. The lowest BCUT2D eigenvalue weighted by Crippen LogP contribution is -3.00. The van der Waals surface area contributed by atoms with Gasteiger partial charge in [0.15, 0.2) is 18.9 Å². The fourth-order valence-electron chi connectivity index (χ4n) is 18.9. The number of halogens is 1. The third kappa shape index (κ3) is 18.5. The van der Waals surface area contributed by atoms with E-state index in [0.717, 1.165) is 117 Å². The number of benzene rings is 7. The maximum Gasteiger partial charge on any atom is 0.229 e. The maximum absolute atomic E-state index is 11.0. The molecule has 7 aliphatic heterocycles. The molecule has 0 aliphatic carbocycles. The molecule has 0 unspecified atom stereocenters. The average molecular weight is 1990 g/mol. The molecule has 15 atom stereocenters. The van der Waals surface area contributed by atoms with E-state index in [-0.39, 0.29) is 41.2 Å². The molecule has 140 heavy (non-hydrogen) atoms. The van der Waals surface area contributed by atoms with Crippen molar-refractivity contribution in [2.24, 2.45) is 0 Å². The van der Waals surface area contributed by atoms with Crippen molar-refractivity contribution in [3.05, 3.63) is 305 Å². The van der Waals surface area contributed by atoms with Crippen LogP contribution in [0.5, 0.6) is 23.0 Å². The van der Waals surface area contributed by atoms with Crippen LogP contribution in [0.15, 0.2) is 243 Å². The van der Waals surface area contributed by atoms with Gasteiger partial charge in [-0.25, -0.2) is 24.5 Å². The van der Waals surface area contributed by atoms with Crippen molar-refractivity contribution in [1.29, 1.82) is 0 Å². The molecule has 0 saturated carbocycles. The number of nitrogens with zero attached hydrogens (tertiary/aromatic N) is 5. The zero-order valence-electron chi connectivity index (χ0n) is 76.0. The summed E-state index contributed by atoms with van der Waals surface area (Å²) < 4.78 is 44.2. The van der Waals surface area contributed by atoms with Crippen molar-refractivity contribution in [2.45, 2.75) is 126 Å². The molecule has 14 aromatic rings. The standard InChI is InChI=1S/C111H99N9O19.HI/c1-58-5-11-61(12-6-58)92-73-33-35-75(112-73)93(62-13-7-59(2)8-14-62)77-37-39-79(114-77)95(80-40-38-78(115-80)94(76-36-34-74(92)113-76)63-15-9-60(3)10-16-63)64-17-25-69(26-18-64)133-54-4-51-120-52-49-68(50-53-120)99-87-47-45-85(118-87)97(66-21-29-71(30-22-66)135-110-107(131)104(128)101(125)90(56-122)138-110)83-43-41-81(116-83)96(65-19-27-70(28-20-65)134-109-106(130)103(127)100(124)89(55-121)137-109)82-42-44-84(117-82)98(86-46-48-88(99)119-86)67-23-31-72(32-24-67)136-111-108(132)105(129)102(126)91(57-123)139-111;/h5-50,52-53,89-91,100-111,121-132H,4,51,54-57H2,1-3H3,(H3,112,113,114,115,116,117,118,119);1H/t89-,90-,91-,100+,101+,102+,103-,104-,105-,106-,107-,108-,109-,110-,111-;/m1./s1. The summed E-state index contributed by atoms with van der Waals surface area (Å²) in [4.78, 5) is 37.4. The van der Waals surface area contributed by atoms with Crippen LogP contribution < -0.4 is 47.5 Å². The number of ether oxygens (including phenoxy) is 7. The van der Waals surface area contributed by atoms with E-state index in [1.807, 2.05) is 109 Å². The molecule has 16 bridgehead atoms. The van der Waals surface area contributed by atoms with E-state index < -0.39 is 112 Å². The normalized spacial score (nSPS) is 21.9. The summed E-state index contributed by atoms with van der Waals surface area (Å²) in [6.07, 6.45) is -2.08. The van der Waals surface area contributed by atoms with Crippen LogP contribution in [0.2, 0.25) is 0 Å². The van der Waals surface area contributed by atoms with Crippen LogP contribution in [0.4, 0.5) is 0 Å². The summed E-state index contributed by atoms with van der Waals surface area (Å²) in [6, 6.07) is 75.2. The Kier molecular flexibility index (Phi) is 26.7. The molecule has 7 aromatic heterocycles. The van der Waals surface area contributed by atoms with Crippen LogP contribution in [0.1, 0.15) is 68.7 Å². The molecule has 710 valence electrons. The lowest BCUT2D eigenvalue weighted by molar-refractivity contribution is -0.697. The fourth-order valence-corrected chi connectivity index (χ4v) is 18.9. The summed E-state index contributed by atoms with van der Waals surface area (Å²) in [7, 11) is 0. The Bertz CT molecular complexity index is 7350. The number of rotatable bonds is 22. The van der Waals surface area contributed by atoms with Crippen molar-refractivity contribution in [3.8, 4) is 112 Å². The predicted octanol–water partition coefficient (Wildman–Crippen LogP) is 11.2. The average Bonchev–Trinajstić information content (AvgIpc) is 1.62. The first-order valence-electron chi connectivity index (χ1n) is 46.1. The Balaban J connectivity index is 0.0000120. The van der Waals surface area contributed by atoms with Gasteiger partial charge in [0.1, 0.15) is 96.2 Å². The lowest BCUT2D eigenvalue weighted by atomic mass is 9.99. The molecule has 0 spiro atoms. The highest BCUT2D eigenvalue weighted by molar-refractivity contribution is 6.03. The highest BCUT2D eigenvalue weighted by Gasteiger charge is 2.48. The number of aryl methyl sites for hydroxylation is 4. The second-order valence-corrected chi connectivity index (χ2v) is 35.7. The highest BCUT2D eigenvalue weighted by Crippen LogP contribution is 2.45. The predicted molar refractivity (Wildman–Crippen MR) is 529 cm³/mol. The number of aromatic nitrogens is 9. The molecular weight excluding hydrogens is 1890 g/mol. The SMILES string of the molecule is Cc1ccc(-c2c3nc(c(-c4ccc(C)cc4)c4ccc([nH]4)c(-c4ccc(OCCC[n+]5ccc(-c6c7nc(c(-c8ccc(O[C@@H]9O[C@H](CO)[C@H](O)[C@@H](O)[C@H]9O)cc8)c8ccc([nH]8)c(-c8ccc(O[C@@H]9O[C@H](CO)[C@H](O)[C@@H](O)[C@H]9O)cc8)c8nc(c(-c9ccc(O[C@@H]%10O[C@H](CO)[C@H](O)[C@@H](O)[C@H]%10O)cc9)c9ccc6[nH]9)C=C8)C=C7)cc5)cc4)c4nc(c(-c5ccc(C)cc5)c5ccc2[nH]5)C=C4)C=C3)cc1.[I-]. The van der Waals surface area contributed by atoms with E-state index in [1.165, 1.54) is 0 Å². The van der Waals surface area contributed by atoms with E-state index >= 15 is 0 Å². The number of pyridine rings is 1.